The number of nitrogens with zero attached hydrogens (tertiary/aromatic N) is 2. The zero-order valence-electron chi connectivity index (χ0n) is 16.7. The van der Waals surface area contributed by atoms with Crippen LogP contribution in [0.5, 0.6) is 0 Å². The van der Waals surface area contributed by atoms with Crippen molar-refractivity contribution in [2.75, 3.05) is 22.1 Å². The van der Waals surface area contributed by atoms with Gasteiger partial charge in [-0.1, -0.05) is 31.0 Å². The Morgan fingerprint density at radius 3 is 2.82 bits per heavy atom. The molecule has 0 bridgehead atoms. The Labute approximate surface area is 165 Å². The standard InChI is InChI=1S/C21H28N4O3/c1-4-5-10-19(21(27)23-20-13-14(2)28-24-20)25-12-7-8-16-17(22-15(3)26)9-6-11-18(16)25/h6,9,11,13,19H,4-5,7-8,10,12H2,1-3H3,(H,22,26)(H,23,24,27). The molecule has 0 radical (unpaired) electrons. The van der Waals surface area contributed by atoms with Crippen LogP contribution in [0.4, 0.5) is 17.2 Å². The number of fused-ring (bicyclic) bond motifs is 1. The fourth-order valence-corrected chi connectivity index (χ4v) is 3.74. The molecular formula is C21H28N4O3. The van der Waals surface area contributed by atoms with Crippen LogP contribution in [0.15, 0.2) is 28.8 Å². The van der Waals surface area contributed by atoms with Gasteiger partial charge in [-0.05, 0) is 43.9 Å². The van der Waals surface area contributed by atoms with Crippen LogP contribution in [0.25, 0.3) is 0 Å². The van der Waals surface area contributed by atoms with Crippen LogP contribution in [-0.4, -0.2) is 29.6 Å². The predicted octanol–water partition coefficient (Wildman–Crippen LogP) is 3.89. The minimum atomic E-state index is -0.302. The zero-order chi connectivity index (χ0) is 20.1. The summed E-state index contributed by atoms with van der Waals surface area (Å²) in [5.74, 6) is 0.920. The highest BCUT2D eigenvalue weighted by Gasteiger charge is 2.30. The van der Waals surface area contributed by atoms with Crippen molar-refractivity contribution in [3.05, 3.63) is 35.6 Å². The lowest BCUT2D eigenvalue weighted by Gasteiger charge is -2.37. The van der Waals surface area contributed by atoms with Crippen molar-refractivity contribution in [1.29, 1.82) is 0 Å². The quantitative estimate of drug-likeness (QED) is 0.756. The third-order valence-corrected chi connectivity index (χ3v) is 4.99. The Balaban J connectivity index is 1.89. The molecule has 0 spiro atoms. The van der Waals surface area contributed by atoms with E-state index in [-0.39, 0.29) is 17.9 Å². The van der Waals surface area contributed by atoms with Crippen molar-refractivity contribution in [2.45, 2.75) is 58.9 Å². The summed E-state index contributed by atoms with van der Waals surface area (Å²) in [4.78, 5) is 26.8. The number of hydrogen-bond donors (Lipinski definition) is 2. The molecule has 3 rings (SSSR count). The summed E-state index contributed by atoms with van der Waals surface area (Å²) in [7, 11) is 0. The monoisotopic (exact) mass is 384 g/mol. The molecule has 1 aliphatic rings. The fraction of sp³-hybridized carbons (Fsp3) is 0.476. The van der Waals surface area contributed by atoms with Gasteiger partial charge in [0.25, 0.3) is 0 Å². The van der Waals surface area contributed by atoms with Gasteiger partial charge < -0.3 is 20.1 Å². The van der Waals surface area contributed by atoms with Gasteiger partial charge in [0.15, 0.2) is 5.82 Å². The van der Waals surface area contributed by atoms with E-state index in [0.717, 1.165) is 55.6 Å². The van der Waals surface area contributed by atoms with E-state index < -0.39 is 0 Å². The maximum absolute atomic E-state index is 13.1. The molecule has 1 aromatic heterocycles. The van der Waals surface area contributed by atoms with Crippen molar-refractivity contribution in [3.8, 4) is 0 Å². The molecule has 1 unspecified atom stereocenters. The number of amides is 2. The molecule has 150 valence electrons. The highest BCUT2D eigenvalue weighted by Crippen LogP contribution is 2.35. The number of aromatic nitrogens is 1. The summed E-state index contributed by atoms with van der Waals surface area (Å²) < 4.78 is 5.06. The second-order valence-corrected chi connectivity index (χ2v) is 7.25. The average molecular weight is 384 g/mol. The molecule has 1 aromatic carbocycles. The highest BCUT2D eigenvalue weighted by molar-refractivity contribution is 5.97. The van der Waals surface area contributed by atoms with Gasteiger partial charge in [0.2, 0.25) is 11.8 Å². The number of carbonyl (C=O) groups excluding carboxylic acids is 2. The van der Waals surface area contributed by atoms with Crippen LogP contribution < -0.4 is 15.5 Å². The molecule has 7 heteroatoms. The largest absolute Gasteiger partial charge is 0.360 e. The van der Waals surface area contributed by atoms with Crippen molar-refractivity contribution < 1.29 is 14.1 Å². The van der Waals surface area contributed by atoms with E-state index in [9.17, 15) is 9.59 Å². The summed E-state index contributed by atoms with van der Waals surface area (Å²) in [6.45, 7) is 6.23. The number of benzene rings is 1. The minimum absolute atomic E-state index is 0.0838. The fourth-order valence-electron chi connectivity index (χ4n) is 3.74. The number of hydrogen-bond acceptors (Lipinski definition) is 5. The first-order valence-electron chi connectivity index (χ1n) is 9.90. The number of rotatable bonds is 7. The minimum Gasteiger partial charge on any atom is -0.360 e. The van der Waals surface area contributed by atoms with E-state index in [4.69, 9.17) is 4.52 Å². The number of anilines is 3. The topological polar surface area (TPSA) is 87.5 Å². The zero-order valence-corrected chi connectivity index (χ0v) is 16.7. The van der Waals surface area contributed by atoms with Crippen molar-refractivity contribution in [3.63, 3.8) is 0 Å². The summed E-state index contributed by atoms with van der Waals surface area (Å²) >= 11 is 0. The number of unbranched alkanes of at least 4 members (excludes halogenated alkanes) is 1. The molecule has 1 aliphatic heterocycles. The van der Waals surface area contributed by atoms with E-state index >= 15 is 0 Å². The third kappa shape index (κ3) is 4.52. The molecular weight excluding hydrogens is 356 g/mol. The Morgan fingerprint density at radius 2 is 2.14 bits per heavy atom. The molecule has 2 amide bonds. The average Bonchev–Trinajstić information content (AvgIpc) is 3.06. The maximum atomic E-state index is 13.1. The summed E-state index contributed by atoms with van der Waals surface area (Å²) in [5, 5.41) is 9.69. The first-order valence-corrected chi connectivity index (χ1v) is 9.90. The normalized spacial score (nSPS) is 14.3. The van der Waals surface area contributed by atoms with Gasteiger partial charge in [0.1, 0.15) is 11.8 Å². The first kappa shape index (κ1) is 19.9. The Kier molecular flexibility index (Phi) is 6.34. The molecule has 0 saturated carbocycles. The van der Waals surface area contributed by atoms with Crippen molar-refractivity contribution in [1.82, 2.24) is 5.16 Å². The molecule has 28 heavy (non-hydrogen) atoms. The van der Waals surface area contributed by atoms with Crippen LogP contribution in [0.2, 0.25) is 0 Å². The summed E-state index contributed by atoms with van der Waals surface area (Å²) in [6.07, 6.45) is 4.53. The lowest BCUT2D eigenvalue weighted by atomic mass is 9.96. The molecule has 0 aliphatic carbocycles. The predicted molar refractivity (Wildman–Crippen MR) is 110 cm³/mol. The second kappa shape index (κ2) is 8.91. The van der Waals surface area contributed by atoms with Crippen molar-refractivity contribution in [2.24, 2.45) is 0 Å². The van der Waals surface area contributed by atoms with E-state index in [1.165, 1.54) is 6.92 Å². The molecule has 2 heterocycles. The molecule has 7 nitrogen and oxygen atoms in total. The summed E-state index contributed by atoms with van der Waals surface area (Å²) in [5.41, 5.74) is 2.94. The van der Waals surface area contributed by atoms with Crippen LogP contribution in [0.3, 0.4) is 0 Å². The number of carbonyl (C=O) groups is 2. The van der Waals surface area contributed by atoms with Crippen molar-refractivity contribution >= 4 is 29.0 Å². The van der Waals surface area contributed by atoms with Gasteiger partial charge in [0.05, 0.1) is 0 Å². The summed E-state index contributed by atoms with van der Waals surface area (Å²) in [6, 6.07) is 7.30. The Morgan fingerprint density at radius 1 is 1.32 bits per heavy atom. The van der Waals surface area contributed by atoms with Crippen LogP contribution >= 0.6 is 0 Å². The Bertz CT molecular complexity index is 846. The highest BCUT2D eigenvalue weighted by atomic mass is 16.5. The van der Waals surface area contributed by atoms with Gasteiger partial charge in [0, 0.05) is 30.9 Å². The van der Waals surface area contributed by atoms with E-state index in [0.29, 0.717) is 11.6 Å². The van der Waals surface area contributed by atoms with E-state index in [1.54, 1.807) is 13.0 Å². The third-order valence-electron chi connectivity index (χ3n) is 4.99. The smallest absolute Gasteiger partial charge is 0.248 e. The van der Waals surface area contributed by atoms with Crippen LogP contribution in [0, 0.1) is 6.92 Å². The van der Waals surface area contributed by atoms with Gasteiger partial charge >= 0.3 is 0 Å². The SMILES string of the molecule is CCCCC(C(=O)Nc1cc(C)on1)N1CCCc2c(NC(C)=O)cccc21. The van der Waals surface area contributed by atoms with Crippen LogP contribution in [0.1, 0.15) is 50.9 Å². The molecule has 2 aromatic rings. The molecule has 0 saturated heterocycles. The molecule has 0 fully saturated rings. The van der Waals surface area contributed by atoms with Crippen LogP contribution in [-0.2, 0) is 16.0 Å². The maximum Gasteiger partial charge on any atom is 0.248 e. The van der Waals surface area contributed by atoms with Gasteiger partial charge in [-0.15, -0.1) is 0 Å². The van der Waals surface area contributed by atoms with Gasteiger partial charge in [-0.3, -0.25) is 9.59 Å². The first-order chi connectivity index (χ1) is 13.5. The lowest BCUT2D eigenvalue weighted by molar-refractivity contribution is -0.117. The van der Waals surface area contributed by atoms with E-state index in [1.807, 2.05) is 18.2 Å². The number of nitrogens with one attached hydrogen (secondary N) is 2. The van der Waals surface area contributed by atoms with Gasteiger partial charge in [-0.25, -0.2) is 0 Å². The molecule has 2 N–H and O–H groups in total. The van der Waals surface area contributed by atoms with Gasteiger partial charge in [-0.2, -0.15) is 0 Å². The number of aryl methyl sites for hydroxylation is 1. The second-order valence-electron chi connectivity index (χ2n) is 7.25. The van der Waals surface area contributed by atoms with E-state index in [2.05, 4.69) is 27.6 Å². The lowest BCUT2D eigenvalue weighted by Crippen LogP contribution is -2.46. The Hall–Kier alpha value is -2.83. The molecule has 1 atom stereocenters.